The van der Waals surface area contributed by atoms with Crippen molar-refractivity contribution in [2.24, 2.45) is 11.1 Å². The number of carbonyl (C=O) groups is 1. The van der Waals surface area contributed by atoms with Crippen molar-refractivity contribution in [3.63, 3.8) is 0 Å². The summed E-state index contributed by atoms with van der Waals surface area (Å²) in [7, 11) is 1.61. The monoisotopic (exact) mass is 342 g/mol. The molecule has 2 aromatic carbocycles. The van der Waals surface area contributed by atoms with Crippen LogP contribution in [-0.4, -0.2) is 19.1 Å². The van der Waals surface area contributed by atoms with Crippen LogP contribution in [0, 0.1) is 5.41 Å². The Labute approximate surface area is 149 Å². The van der Waals surface area contributed by atoms with Crippen molar-refractivity contribution in [3.8, 4) is 17.2 Å². The van der Waals surface area contributed by atoms with Gasteiger partial charge in [0.25, 0.3) is 0 Å². The van der Waals surface area contributed by atoms with Gasteiger partial charge in [-0.2, -0.15) is 0 Å². The maximum Gasteiger partial charge on any atom is 0.237 e. The van der Waals surface area contributed by atoms with Crippen molar-refractivity contribution in [2.75, 3.05) is 7.11 Å². The van der Waals surface area contributed by atoms with E-state index in [0.717, 1.165) is 5.56 Å². The molecule has 0 aromatic heterocycles. The van der Waals surface area contributed by atoms with Gasteiger partial charge in [-0.05, 0) is 35.2 Å². The highest BCUT2D eigenvalue weighted by Crippen LogP contribution is 2.30. The van der Waals surface area contributed by atoms with Crippen LogP contribution in [-0.2, 0) is 11.3 Å². The first kappa shape index (κ1) is 18.8. The molecule has 2 aromatic rings. The van der Waals surface area contributed by atoms with Crippen LogP contribution < -0.4 is 20.5 Å². The Bertz CT molecular complexity index is 706. The third-order valence-corrected chi connectivity index (χ3v) is 3.90. The Morgan fingerprint density at radius 3 is 2.24 bits per heavy atom. The van der Waals surface area contributed by atoms with Crippen molar-refractivity contribution in [1.82, 2.24) is 5.32 Å². The van der Waals surface area contributed by atoms with Gasteiger partial charge in [0.2, 0.25) is 5.91 Å². The van der Waals surface area contributed by atoms with Gasteiger partial charge in [0.15, 0.2) is 11.5 Å². The molecule has 1 atom stereocenters. The molecule has 0 aliphatic rings. The quantitative estimate of drug-likeness (QED) is 0.843. The molecule has 0 radical (unpaired) electrons. The topological polar surface area (TPSA) is 73.6 Å². The van der Waals surface area contributed by atoms with Crippen molar-refractivity contribution in [1.29, 1.82) is 0 Å². The zero-order valence-corrected chi connectivity index (χ0v) is 15.2. The summed E-state index contributed by atoms with van der Waals surface area (Å²) in [6.07, 6.45) is 0. The van der Waals surface area contributed by atoms with Crippen LogP contribution >= 0.6 is 0 Å². The molecular formula is C20H26N2O3. The number of para-hydroxylation sites is 2. The highest BCUT2D eigenvalue weighted by Gasteiger charge is 2.27. The minimum absolute atomic E-state index is 0.151. The summed E-state index contributed by atoms with van der Waals surface area (Å²) >= 11 is 0. The fourth-order valence-corrected chi connectivity index (χ4v) is 2.20. The van der Waals surface area contributed by atoms with Gasteiger partial charge in [-0.25, -0.2) is 0 Å². The molecule has 2 rings (SSSR count). The van der Waals surface area contributed by atoms with Crippen LogP contribution in [0.1, 0.15) is 26.3 Å². The molecule has 0 spiro atoms. The number of hydrogen-bond acceptors (Lipinski definition) is 4. The number of nitrogens with two attached hydrogens (primary N) is 1. The van der Waals surface area contributed by atoms with Crippen molar-refractivity contribution >= 4 is 5.91 Å². The van der Waals surface area contributed by atoms with Crippen LogP contribution in [0.5, 0.6) is 17.2 Å². The molecule has 0 bridgehead atoms. The lowest BCUT2D eigenvalue weighted by Gasteiger charge is -2.25. The van der Waals surface area contributed by atoms with Crippen LogP contribution in [0.2, 0.25) is 0 Å². The van der Waals surface area contributed by atoms with E-state index in [0.29, 0.717) is 23.8 Å². The first-order valence-electron chi connectivity index (χ1n) is 8.24. The van der Waals surface area contributed by atoms with Crippen LogP contribution in [0.15, 0.2) is 48.5 Å². The molecule has 1 amide bonds. The van der Waals surface area contributed by atoms with Crippen LogP contribution in [0.3, 0.4) is 0 Å². The van der Waals surface area contributed by atoms with Gasteiger partial charge in [-0.15, -0.1) is 0 Å². The average Bonchev–Trinajstić information content (AvgIpc) is 2.60. The maximum atomic E-state index is 12.1. The average molecular weight is 342 g/mol. The Hall–Kier alpha value is -2.53. The van der Waals surface area contributed by atoms with Crippen molar-refractivity contribution < 1.29 is 14.3 Å². The summed E-state index contributed by atoms with van der Waals surface area (Å²) in [6.45, 7) is 6.27. The molecule has 0 unspecified atom stereocenters. The van der Waals surface area contributed by atoms with Gasteiger partial charge >= 0.3 is 0 Å². The minimum Gasteiger partial charge on any atom is -0.493 e. The number of carbonyl (C=O) groups excluding carboxylic acids is 1. The molecule has 5 nitrogen and oxygen atoms in total. The van der Waals surface area contributed by atoms with Crippen LogP contribution in [0.25, 0.3) is 0 Å². The minimum atomic E-state index is -0.541. The van der Waals surface area contributed by atoms with E-state index in [1.807, 2.05) is 69.3 Å². The second kappa shape index (κ2) is 8.03. The number of ether oxygens (including phenoxy) is 2. The Morgan fingerprint density at radius 1 is 1.08 bits per heavy atom. The highest BCUT2D eigenvalue weighted by molar-refractivity contribution is 5.82. The summed E-state index contributed by atoms with van der Waals surface area (Å²) < 4.78 is 11.1. The Morgan fingerprint density at radius 2 is 1.68 bits per heavy atom. The maximum absolute atomic E-state index is 12.1. The van der Waals surface area contributed by atoms with E-state index in [1.165, 1.54) is 0 Å². The van der Waals surface area contributed by atoms with Gasteiger partial charge in [-0.3, -0.25) is 4.79 Å². The van der Waals surface area contributed by atoms with Crippen molar-refractivity contribution in [3.05, 3.63) is 54.1 Å². The fourth-order valence-electron chi connectivity index (χ4n) is 2.20. The molecule has 25 heavy (non-hydrogen) atoms. The molecule has 3 N–H and O–H groups in total. The number of benzene rings is 2. The fraction of sp³-hybridized carbons (Fsp3) is 0.350. The molecule has 5 heteroatoms. The number of methoxy groups -OCH3 is 1. The largest absolute Gasteiger partial charge is 0.493 e. The molecule has 0 heterocycles. The SMILES string of the molecule is COc1ccccc1Oc1ccc(CNC(=O)[C@@H](N)C(C)(C)C)cc1. The molecule has 0 aliphatic heterocycles. The molecule has 0 fully saturated rings. The lowest BCUT2D eigenvalue weighted by Crippen LogP contribution is -2.48. The van der Waals surface area contributed by atoms with Gasteiger partial charge in [0.1, 0.15) is 5.75 Å². The number of rotatable bonds is 6. The summed E-state index contributed by atoms with van der Waals surface area (Å²) in [5.74, 6) is 1.88. The zero-order chi connectivity index (χ0) is 18.4. The van der Waals surface area contributed by atoms with E-state index < -0.39 is 6.04 Å². The van der Waals surface area contributed by atoms with Gasteiger partial charge in [-0.1, -0.05) is 45.0 Å². The Kier molecular flexibility index (Phi) is 6.04. The summed E-state index contributed by atoms with van der Waals surface area (Å²) in [4.78, 5) is 12.1. The van der Waals surface area contributed by atoms with E-state index in [4.69, 9.17) is 15.2 Å². The Balaban J connectivity index is 1.95. The summed E-state index contributed by atoms with van der Waals surface area (Å²) in [5.41, 5.74) is 6.66. The van der Waals surface area contributed by atoms with E-state index in [2.05, 4.69) is 5.32 Å². The smallest absolute Gasteiger partial charge is 0.237 e. The first-order valence-corrected chi connectivity index (χ1v) is 8.24. The molecule has 0 saturated carbocycles. The summed E-state index contributed by atoms with van der Waals surface area (Å²) in [5, 5.41) is 2.87. The second-order valence-electron chi connectivity index (χ2n) is 6.96. The third-order valence-electron chi connectivity index (χ3n) is 3.90. The lowest BCUT2D eigenvalue weighted by molar-refractivity contribution is -0.124. The second-order valence-corrected chi connectivity index (χ2v) is 6.96. The molecule has 0 aliphatic carbocycles. The normalized spacial score (nSPS) is 12.4. The summed E-state index contributed by atoms with van der Waals surface area (Å²) in [6, 6.07) is 14.5. The molecule has 134 valence electrons. The van der Waals surface area contributed by atoms with Crippen molar-refractivity contribution in [2.45, 2.75) is 33.4 Å². The van der Waals surface area contributed by atoms with E-state index in [-0.39, 0.29) is 11.3 Å². The van der Waals surface area contributed by atoms with Gasteiger partial charge in [0.05, 0.1) is 13.2 Å². The van der Waals surface area contributed by atoms with Gasteiger partial charge < -0.3 is 20.5 Å². The van der Waals surface area contributed by atoms with E-state index in [1.54, 1.807) is 7.11 Å². The highest BCUT2D eigenvalue weighted by atomic mass is 16.5. The molecule has 0 saturated heterocycles. The molecular weight excluding hydrogens is 316 g/mol. The predicted molar refractivity (Wildman–Crippen MR) is 98.8 cm³/mol. The van der Waals surface area contributed by atoms with E-state index in [9.17, 15) is 4.79 Å². The first-order chi connectivity index (χ1) is 11.8. The number of nitrogens with one attached hydrogen (secondary N) is 1. The lowest BCUT2D eigenvalue weighted by atomic mass is 9.87. The van der Waals surface area contributed by atoms with E-state index >= 15 is 0 Å². The van der Waals surface area contributed by atoms with Gasteiger partial charge in [0, 0.05) is 6.54 Å². The third kappa shape index (κ3) is 5.22. The number of hydrogen-bond donors (Lipinski definition) is 2. The number of amides is 1. The predicted octanol–water partition coefficient (Wildman–Crippen LogP) is 3.48. The van der Waals surface area contributed by atoms with Crippen LogP contribution in [0.4, 0.5) is 0 Å². The standard InChI is InChI=1S/C20H26N2O3/c1-20(2,3)18(21)19(23)22-13-14-9-11-15(12-10-14)25-17-8-6-5-7-16(17)24-4/h5-12,18H,13,21H2,1-4H3,(H,22,23)/t18-/m1/s1. The zero-order valence-electron chi connectivity index (χ0n) is 15.2.